The van der Waals surface area contributed by atoms with Gasteiger partial charge in [-0.1, -0.05) is 0 Å². The maximum atomic E-state index is 11.9. The van der Waals surface area contributed by atoms with Gasteiger partial charge in [-0.3, -0.25) is 10.1 Å². The molecule has 0 aliphatic heterocycles. The number of nitrogens with zero attached hydrogens (tertiary/aromatic N) is 1. The van der Waals surface area contributed by atoms with Crippen LogP contribution in [0.3, 0.4) is 0 Å². The van der Waals surface area contributed by atoms with Gasteiger partial charge in [-0.15, -0.1) is 11.3 Å². The number of carbonyl (C=O) groups excluding carboxylic acids is 1. The summed E-state index contributed by atoms with van der Waals surface area (Å²) in [6.45, 7) is 0. The number of anilines is 1. The van der Waals surface area contributed by atoms with Crippen LogP contribution in [0.4, 0.5) is 13.9 Å². The zero-order valence-corrected chi connectivity index (χ0v) is 8.03. The van der Waals surface area contributed by atoms with Crippen molar-refractivity contribution in [3.8, 4) is 0 Å². The van der Waals surface area contributed by atoms with E-state index in [-0.39, 0.29) is 0 Å². The third-order valence-electron chi connectivity index (χ3n) is 2.02. The average Bonchev–Trinajstić information content (AvgIpc) is 2.63. The summed E-state index contributed by atoms with van der Waals surface area (Å²) in [6.07, 6.45) is -0.0840. The van der Waals surface area contributed by atoms with Crippen molar-refractivity contribution >= 4 is 22.4 Å². The Balaban J connectivity index is 2.07. The molecule has 3 nitrogen and oxygen atoms in total. The predicted octanol–water partition coefficient (Wildman–Crippen LogP) is 1.84. The Morgan fingerprint density at radius 3 is 2.93 bits per heavy atom. The minimum Gasteiger partial charge on any atom is -0.297 e. The van der Waals surface area contributed by atoms with Crippen LogP contribution in [0, 0.1) is 0 Å². The number of alkyl halides is 2. The fourth-order valence-corrected chi connectivity index (χ4v) is 2.46. The van der Waals surface area contributed by atoms with Crippen LogP contribution in [-0.4, -0.2) is 17.3 Å². The molecular weight excluding hydrogens is 210 g/mol. The molecule has 1 aliphatic carbocycles. The number of amides is 1. The molecule has 14 heavy (non-hydrogen) atoms. The minimum atomic E-state index is -2.98. The van der Waals surface area contributed by atoms with E-state index in [4.69, 9.17) is 0 Å². The highest BCUT2D eigenvalue weighted by atomic mass is 32.1. The van der Waals surface area contributed by atoms with Crippen molar-refractivity contribution in [2.24, 2.45) is 0 Å². The highest BCUT2D eigenvalue weighted by Crippen LogP contribution is 2.30. The van der Waals surface area contributed by atoms with Crippen LogP contribution in [0.5, 0.6) is 0 Å². The van der Waals surface area contributed by atoms with Crippen molar-refractivity contribution in [2.75, 3.05) is 5.32 Å². The monoisotopic (exact) mass is 218 g/mol. The maximum Gasteiger partial charge on any atom is 0.315 e. The van der Waals surface area contributed by atoms with Gasteiger partial charge in [-0.25, -0.2) is 4.98 Å². The van der Waals surface area contributed by atoms with Crippen molar-refractivity contribution in [1.29, 1.82) is 0 Å². The second-order valence-electron chi connectivity index (χ2n) is 3.03. The van der Waals surface area contributed by atoms with Gasteiger partial charge < -0.3 is 0 Å². The Hall–Kier alpha value is -1.04. The molecule has 0 spiro atoms. The summed E-state index contributed by atoms with van der Waals surface area (Å²) in [5.41, 5.74) is 0.944. The third-order valence-corrected chi connectivity index (χ3v) is 3.10. The lowest BCUT2D eigenvalue weighted by Gasteiger charge is -1.98. The van der Waals surface area contributed by atoms with E-state index in [0.717, 1.165) is 29.8 Å². The second-order valence-corrected chi connectivity index (χ2v) is 4.12. The molecule has 0 aromatic carbocycles. The summed E-state index contributed by atoms with van der Waals surface area (Å²) < 4.78 is 23.8. The van der Waals surface area contributed by atoms with Gasteiger partial charge in [-0.2, -0.15) is 8.78 Å². The normalized spacial score (nSPS) is 14.5. The largest absolute Gasteiger partial charge is 0.315 e. The molecule has 1 aromatic rings. The van der Waals surface area contributed by atoms with E-state index in [2.05, 4.69) is 10.3 Å². The van der Waals surface area contributed by atoms with E-state index in [9.17, 15) is 13.6 Å². The highest BCUT2D eigenvalue weighted by molar-refractivity contribution is 7.15. The molecule has 1 aromatic heterocycles. The topological polar surface area (TPSA) is 42.0 Å². The van der Waals surface area contributed by atoms with E-state index in [0.29, 0.717) is 5.13 Å². The molecule has 2 rings (SSSR count). The fourth-order valence-electron chi connectivity index (χ4n) is 1.40. The molecule has 76 valence electrons. The first kappa shape index (κ1) is 9.51. The first-order chi connectivity index (χ1) is 6.66. The van der Waals surface area contributed by atoms with E-state index >= 15 is 0 Å². The van der Waals surface area contributed by atoms with Crippen LogP contribution in [-0.2, 0) is 17.6 Å². The zero-order chi connectivity index (χ0) is 10.1. The molecule has 1 heterocycles. The molecule has 0 fully saturated rings. The SMILES string of the molecule is O=C(Nc1nc2c(s1)CCC2)C(F)F. The lowest BCUT2D eigenvalue weighted by molar-refractivity contribution is -0.126. The van der Waals surface area contributed by atoms with E-state index in [1.165, 1.54) is 11.3 Å². The quantitative estimate of drug-likeness (QED) is 0.822. The number of aromatic nitrogens is 1. The van der Waals surface area contributed by atoms with Gasteiger partial charge in [-0.05, 0) is 19.3 Å². The van der Waals surface area contributed by atoms with Crippen molar-refractivity contribution in [3.63, 3.8) is 0 Å². The Bertz CT molecular complexity index is 343. The van der Waals surface area contributed by atoms with Crippen molar-refractivity contribution < 1.29 is 13.6 Å². The number of nitrogens with one attached hydrogen (secondary N) is 1. The van der Waals surface area contributed by atoms with Gasteiger partial charge in [0.1, 0.15) is 0 Å². The van der Waals surface area contributed by atoms with E-state index in [1.54, 1.807) is 0 Å². The van der Waals surface area contributed by atoms with Crippen LogP contribution < -0.4 is 5.32 Å². The molecule has 1 amide bonds. The first-order valence-electron chi connectivity index (χ1n) is 4.24. The maximum absolute atomic E-state index is 11.9. The summed E-state index contributed by atoms with van der Waals surface area (Å²) in [4.78, 5) is 15.8. The number of hydrogen-bond acceptors (Lipinski definition) is 3. The van der Waals surface area contributed by atoms with Crippen LogP contribution in [0.1, 0.15) is 17.0 Å². The lowest BCUT2D eigenvalue weighted by atomic mass is 10.4. The van der Waals surface area contributed by atoms with Crippen LogP contribution in [0.15, 0.2) is 0 Å². The second kappa shape index (κ2) is 3.61. The number of fused-ring (bicyclic) bond motifs is 1. The summed E-state index contributed by atoms with van der Waals surface area (Å²) >= 11 is 1.29. The Morgan fingerprint density at radius 1 is 1.50 bits per heavy atom. The molecule has 6 heteroatoms. The molecule has 0 atom stereocenters. The summed E-state index contributed by atoms with van der Waals surface area (Å²) in [5.74, 6) is -1.28. The van der Waals surface area contributed by atoms with E-state index in [1.807, 2.05) is 0 Å². The number of hydrogen-bond donors (Lipinski definition) is 1. The van der Waals surface area contributed by atoms with Crippen molar-refractivity contribution in [3.05, 3.63) is 10.6 Å². The summed E-state index contributed by atoms with van der Waals surface area (Å²) in [7, 11) is 0. The van der Waals surface area contributed by atoms with E-state index < -0.39 is 12.3 Å². The van der Waals surface area contributed by atoms with Gasteiger partial charge in [0.15, 0.2) is 5.13 Å². The predicted molar refractivity (Wildman–Crippen MR) is 48.8 cm³/mol. The summed E-state index contributed by atoms with van der Waals surface area (Å²) in [6, 6.07) is 0. The Morgan fingerprint density at radius 2 is 2.29 bits per heavy atom. The molecule has 1 N–H and O–H groups in total. The molecular formula is C8H8F2N2OS. The van der Waals surface area contributed by atoms with Crippen molar-refractivity contribution in [2.45, 2.75) is 25.7 Å². The number of halogens is 2. The zero-order valence-electron chi connectivity index (χ0n) is 7.22. The molecule has 0 radical (unpaired) electrons. The van der Waals surface area contributed by atoms with Crippen LogP contribution in [0.25, 0.3) is 0 Å². The lowest BCUT2D eigenvalue weighted by Crippen LogP contribution is -2.19. The van der Waals surface area contributed by atoms with Crippen LogP contribution >= 0.6 is 11.3 Å². The molecule has 0 bridgehead atoms. The number of rotatable bonds is 2. The first-order valence-corrected chi connectivity index (χ1v) is 5.06. The summed E-state index contributed by atoms with van der Waals surface area (Å²) in [5, 5.41) is 2.38. The fraction of sp³-hybridized carbons (Fsp3) is 0.500. The molecule has 0 saturated carbocycles. The molecule has 1 aliphatic rings. The van der Waals surface area contributed by atoms with Gasteiger partial charge >= 0.3 is 6.43 Å². The number of carbonyl (C=O) groups is 1. The minimum absolute atomic E-state index is 0.292. The number of thiazole rings is 1. The number of aryl methyl sites for hydroxylation is 2. The highest BCUT2D eigenvalue weighted by Gasteiger charge is 2.20. The average molecular weight is 218 g/mol. The third kappa shape index (κ3) is 1.75. The van der Waals surface area contributed by atoms with Gasteiger partial charge in [0, 0.05) is 4.88 Å². The van der Waals surface area contributed by atoms with Gasteiger partial charge in [0.05, 0.1) is 5.69 Å². The Kier molecular flexibility index (Phi) is 2.45. The van der Waals surface area contributed by atoms with Crippen molar-refractivity contribution in [1.82, 2.24) is 4.98 Å². The molecule has 0 saturated heterocycles. The standard InChI is InChI=1S/C8H8F2N2OS/c9-6(10)7(13)12-8-11-4-2-1-3-5(4)14-8/h6H,1-3H2,(H,11,12,13). The van der Waals surface area contributed by atoms with Gasteiger partial charge in [0.25, 0.3) is 5.91 Å². The van der Waals surface area contributed by atoms with Gasteiger partial charge in [0.2, 0.25) is 0 Å². The Labute approximate surface area is 83.2 Å². The smallest absolute Gasteiger partial charge is 0.297 e. The molecule has 0 unspecified atom stereocenters. The van der Waals surface area contributed by atoms with Crippen LogP contribution in [0.2, 0.25) is 0 Å².